The number of rotatable bonds is 23. The van der Waals surface area contributed by atoms with Crippen molar-refractivity contribution in [2.75, 3.05) is 6.61 Å². The molecule has 1 aliphatic carbocycles. The highest BCUT2D eigenvalue weighted by Crippen LogP contribution is 2.34. The largest absolute Gasteiger partial charge is 0.494 e. The van der Waals surface area contributed by atoms with E-state index in [4.69, 9.17) is 9.47 Å². The van der Waals surface area contributed by atoms with Crippen LogP contribution < -0.4 is 9.47 Å². The van der Waals surface area contributed by atoms with Crippen LogP contribution in [0.2, 0.25) is 0 Å². The molecule has 0 unspecified atom stereocenters. The third kappa shape index (κ3) is 15.1. The molecule has 0 radical (unpaired) electrons. The minimum atomic E-state index is -0.328. The van der Waals surface area contributed by atoms with Gasteiger partial charge in [-0.1, -0.05) is 128 Å². The van der Waals surface area contributed by atoms with Crippen molar-refractivity contribution in [1.82, 2.24) is 0 Å². The Bertz CT molecular complexity index is 985. The maximum atomic E-state index is 12.7. The van der Waals surface area contributed by atoms with Crippen molar-refractivity contribution in [2.45, 2.75) is 142 Å². The standard InChI is InChI=1S/C40H60O3/c1-3-5-7-9-10-11-12-13-15-17-33-42-38-31-27-37(28-32-38)40(41)43-39-29-25-36(26-30-39)24-23-35-21-19-34(20-22-35)18-16-14-8-6-4-2/h3,25-32,34-35H,1,4-24,33H2,2H3. The van der Waals surface area contributed by atoms with Crippen molar-refractivity contribution >= 4 is 5.97 Å². The molecule has 238 valence electrons. The third-order valence-electron chi connectivity index (χ3n) is 9.32. The number of aryl methyl sites for hydroxylation is 1. The van der Waals surface area contributed by atoms with Gasteiger partial charge in [0.25, 0.3) is 0 Å². The summed E-state index contributed by atoms with van der Waals surface area (Å²) in [5, 5.41) is 0. The van der Waals surface area contributed by atoms with Crippen molar-refractivity contribution < 1.29 is 14.3 Å². The van der Waals surface area contributed by atoms with Crippen molar-refractivity contribution in [3.63, 3.8) is 0 Å². The lowest BCUT2D eigenvalue weighted by Crippen LogP contribution is -2.15. The zero-order valence-electron chi connectivity index (χ0n) is 27.3. The summed E-state index contributed by atoms with van der Waals surface area (Å²) in [5.41, 5.74) is 1.87. The Balaban J connectivity index is 1.25. The number of hydrogen-bond donors (Lipinski definition) is 0. The fourth-order valence-corrected chi connectivity index (χ4v) is 6.43. The second kappa shape index (κ2) is 22.0. The quantitative estimate of drug-likeness (QED) is 0.0560. The predicted octanol–water partition coefficient (Wildman–Crippen LogP) is 12.1. The average molecular weight is 589 g/mol. The third-order valence-corrected chi connectivity index (χ3v) is 9.32. The zero-order chi connectivity index (χ0) is 30.4. The molecule has 2 aromatic carbocycles. The Morgan fingerprint density at radius 3 is 1.91 bits per heavy atom. The second-order valence-electron chi connectivity index (χ2n) is 12.9. The van der Waals surface area contributed by atoms with Gasteiger partial charge in [-0.3, -0.25) is 0 Å². The van der Waals surface area contributed by atoms with E-state index in [1.165, 1.54) is 121 Å². The summed E-state index contributed by atoms with van der Waals surface area (Å²) in [6, 6.07) is 15.4. The van der Waals surface area contributed by atoms with E-state index in [0.717, 1.165) is 43.5 Å². The molecule has 1 fully saturated rings. The Labute approximate surface area is 263 Å². The summed E-state index contributed by atoms with van der Waals surface area (Å²) < 4.78 is 11.5. The van der Waals surface area contributed by atoms with Gasteiger partial charge in [0, 0.05) is 0 Å². The molecule has 3 rings (SSSR count). The van der Waals surface area contributed by atoms with Crippen LogP contribution >= 0.6 is 0 Å². The lowest BCUT2D eigenvalue weighted by atomic mass is 9.78. The van der Waals surface area contributed by atoms with E-state index < -0.39 is 0 Å². The molecule has 0 heterocycles. The highest BCUT2D eigenvalue weighted by molar-refractivity contribution is 5.91. The van der Waals surface area contributed by atoms with Gasteiger partial charge in [-0.25, -0.2) is 4.79 Å². The normalized spacial score (nSPS) is 16.6. The van der Waals surface area contributed by atoms with E-state index in [1.54, 1.807) is 12.1 Å². The van der Waals surface area contributed by atoms with Gasteiger partial charge >= 0.3 is 5.97 Å². The number of allylic oxidation sites excluding steroid dienone is 1. The highest BCUT2D eigenvalue weighted by Gasteiger charge is 2.20. The summed E-state index contributed by atoms with van der Waals surface area (Å²) in [5.74, 6) is 2.92. The van der Waals surface area contributed by atoms with Gasteiger partial charge in [0.1, 0.15) is 11.5 Å². The van der Waals surface area contributed by atoms with E-state index in [0.29, 0.717) is 11.3 Å². The lowest BCUT2D eigenvalue weighted by molar-refractivity contribution is 0.0734. The molecule has 3 nitrogen and oxygen atoms in total. The first-order chi connectivity index (χ1) is 21.2. The summed E-state index contributed by atoms with van der Waals surface area (Å²) in [6.45, 7) is 6.79. The van der Waals surface area contributed by atoms with E-state index >= 15 is 0 Å². The van der Waals surface area contributed by atoms with Gasteiger partial charge in [0.05, 0.1) is 12.2 Å². The van der Waals surface area contributed by atoms with Gasteiger partial charge in [0.15, 0.2) is 0 Å². The predicted molar refractivity (Wildman–Crippen MR) is 182 cm³/mol. The molecule has 0 amide bonds. The van der Waals surface area contributed by atoms with Gasteiger partial charge in [0.2, 0.25) is 0 Å². The topological polar surface area (TPSA) is 35.5 Å². The number of carbonyl (C=O) groups is 1. The molecule has 1 aliphatic rings. The van der Waals surface area contributed by atoms with E-state index in [2.05, 4.69) is 25.6 Å². The van der Waals surface area contributed by atoms with E-state index in [9.17, 15) is 4.79 Å². The maximum absolute atomic E-state index is 12.7. The van der Waals surface area contributed by atoms with Crippen LogP contribution in [0.1, 0.15) is 151 Å². The Kier molecular flexibility index (Phi) is 17.9. The number of ether oxygens (including phenoxy) is 2. The second-order valence-corrected chi connectivity index (χ2v) is 12.9. The number of hydrogen-bond acceptors (Lipinski definition) is 3. The molecule has 0 N–H and O–H groups in total. The first kappa shape index (κ1) is 34.9. The first-order valence-corrected chi connectivity index (χ1v) is 17.8. The smallest absolute Gasteiger partial charge is 0.343 e. The Morgan fingerprint density at radius 1 is 0.698 bits per heavy atom. The van der Waals surface area contributed by atoms with Crippen LogP contribution in [0.5, 0.6) is 11.5 Å². The van der Waals surface area contributed by atoms with Crippen LogP contribution in [0, 0.1) is 11.8 Å². The first-order valence-electron chi connectivity index (χ1n) is 17.8. The SMILES string of the molecule is C=CCCCCCCCCCCOc1ccc(C(=O)Oc2ccc(CCC3CCC(CCCCCCC)CC3)cc2)cc1. The maximum Gasteiger partial charge on any atom is 0.343 e. The van der Waals surface area contributed by atoms with Crippen molar-refractivity contribution in [3.8, 4) is 11.5 Å². The minimum absolute atomic E-state index is 0.328. The molecule has 0 bridgehead atoms. The minimum Gasteiger partial charge on any atom is -0.494 e. The highest BCUT2D eigenvalue weighted by atomic mass is 16.5. The summed E-state index contributed by atoms with van der Waals surface area (Å²) >= 11 is 0. The summed E-state index contributed by atoms with van der Waals surface area (Å²) in [6.07, 6.45) is 29.8. The number of carbonyl (C=O) groups excluding carboxylic acids is 1. The van der Waals surface area contributed by atoms with Crippen LogP contribution in [-0.4, -0.2) is 12.6 Å². The molecule has 0 saturated heterocycles. The molecule has 0 aromatic heterocycles. The number of benzene rings is 2. The lowest BCUT2D eigenvalue weighted by Gasteiger charge is -2.28. The van der Waals surface area contributed by atoms with Crippen LogP contribution in [0.15, 0.2) is 61.2 Å². The summed E-state index contributed by atoms with van der Waals surface area (Å²) in [4.78, 5) is 12.7. The van der Waals surface area contributed by atoms with Gasteiger partial charge in [-0.2, -0.15) is 0 Å². The van der Waals surface area contributed by atoms with Crippen molar-refractivity contribution in [1.29, 1.82) is 0 Å². The average Bonchev–Trinajstić information content (AvgIpc) is 3.04. The van der Waals surface area contributed by atoms with Gasteiger partial charge < -0.3 is 9.47 Å². The zero-order valence-corrected chi connectivity index (χ0v) is 27.3. The summed E-state index contributed by atoms with van der Waals surface area (Å²) in [7, 11) is 0. The molecule has 0 atom stereocenters. The van der Waals surface area contributed by atoms with E-state index in [-0.39, 0.29) is 5.97 Å². The van der Waals surface area contributed by atoms with Gasteiger partial charge in [-0.15, -0.1) is 6.58 Å². The van der Waals surface area contributed by atoms with Gasteiger partial charge in [-0.05, 0) is 85.9 Å². The molecule has 3 heteroatoms. The Morgan fingerprint density at radius 2 is 1.26 bits per heavy atom. The number of unbranched alkanes of at least 4 members (excludes halogenated alkanes) is 12. The molecular weight excluding hydrogens is 528 g/mol. The van der Waals surface area contributed by atoms with Crippen molar-refractivity contribution in [3.05, 3.63) is 72.3 Å². The van der Waals surface area contributed by atoms with Crippen LogP contribution in [0.3, 0.4) is 0 Å². The van der Waals surface area contributed by atoms with Crippen LogP contribution in [0.4, 0.5) is 0 Å². The fraction of sp³-hybridized carbons (Fsp3) is 0.625. The number of esters is 1. The van der Waals surface area contributed by atoms with Crippen LogP contribution in [0.25, 0.3) is 0 Å². The molecule has 0 spiro atoms. The monoisotopic (exact) mass is 588 g/mol. The molecule has 2 aromatic rings. The van der Waals surface area contributed by atoms with E-state index in [1.807, 2.05) is 30.3 Å². The molecule has 43 heavy (non-hydrogen) atoms. The van der Waals surface area contributed by atoms with Crippen LogP contribution in [-0.2, 0) is 6.42 Å². The molecule has 0 aliphatic heterocycles. The molecule has 1 saturated carbocycles. The molecular formula is C40H60O3. The Hall–Kier alpha value is -2.55. The fourth-order valence-electron chi connectivity index (χ4n) is 6.43. The van der Waals surface area contributed by atoms with Crippen molar-refractivity contribution in [2.24, 2.45) is 11.8 Å².